The standard InChI is InChI=1S/C25H23N7O2/c1-17(33)34-22-8-5-19(6-9-22)30-25-28-13-11-23(31-25)24-27-12-10-20(29-24)4-2-18-3-7-21-14-26-16-32(21)15-18/h3,7,10-16,19,22H,5-6,8-9H2,1H3,(H,28,30,31). The molecule has 9 nitrogen and oxygen atoms in total. The molecule has 1 fully saturated rings. The third-order valence-electron chi connectivity index (χ3n) is 5.62. The molecule has 5 rings (SSSR count). The van der Waals surface area contributed by atoms with Crippen molar-refractivity contribution in [3.05, 3.63) is 66.6 Å². The van der Waals surface area contributed by atoms with Crippen molar-refractivity contribution in [3.8, 4) is 23.4 Å². The summed E-state index contributed by atoms with van der Waals surface area (Å²) in [6.45, 7) is 1.45. The molecule has 34 heavy (non-hydrogen) atoms. The van der Waals surface area contributed by atoms with Crippen molar-refractivity contribution in [1.29, 1.82) is 0 Å². The highest BCUT2D eigenvalue weighted by Crippen LogP contribution is 2.24. The van der Waals surface area contributed by atoms with E-state index in [9.17, 15) is 4.79 Å². The van der Waals surface area contributed by atoms with Crippen molar-refractivity contribution in [3.63, 3.8) is 0 Å². The Labute approximate surface area is 196 Å². The molecule has 0 spiro atoms. The first-order chi connectivity index (χ1) is 16.6. The number of esters is 1. The molecule has 1 saturated carbocycles. The number of hydrogen-bond donors (Lipinski definition) is 1. The highest BCUT2D eigenvalue weighted by atomic mass is 16.5. The van der Waals surface area contributed by atoms with E-state index in [1.165, 1.54) is 6.92 Å². The third-order valence-corrected chi connectivity index (χ3v) is 5.62. The number of nitrogens with zero attached hydrogens (tertiary/aromatic N) is 6. The van der Waals surface area contributed by atoms with Crippen LogP contribution in [0.25, 0.3) is 17.0 Å². The first-order valence-corrected chi connectivity index (χ1v) is 11.2. The number of nitrogens with one attached hydrogen (secondary N) is 1. The molecule has 4 aromatic heterocycles. The number of carbonyl (C=O) groups is 1. The average Bonchev–Trinajstić information content (AvgIpc) is 3.32. The van der Waals surface area contributed by atoms with E-state index in [-0.39, 0.29) is 18.1 Å². The molecule has 9 heteroatoms. The molecule has 1 N–H and O–H groups in total. The fourth-order valence-corrected chi connectivity index (χ4v) is 3.98. The highest BCUT2D eigenvalue weighted by molar-refractivity contribution is 5.66. The SMILES string of the molecule is CC(=O)OC1CCC(Nc2nccc(-c3nccc(C#Cc4ccc5cncn5c4)n3)n2)CC1. The Morgan fingerprint density at radius 2 is 1.91 bits per heavy atom. The van der Waals surface area contributed by atoms with Crippen LogP contribution in [0.3, 0.4) is 0 Å². The van der Waals surface area contributed by atoms with E-state index in [4.69, 9.17) is 4.74 Å². The van der Waals surface area contributed by atoms with E-state index in [0.29, 0.717) is 23.2 Å². The topological polar surface area (TPSA) is 107 Å². The molecule has 4 aromatic rings. The average molecular weight is 454 g/mol. The summed E-state index contributed by atoms with van der Waals surface area (Å²) in [5, 5.41) is 3.38. The number of hydrogen-bond acceptors (Lipinski definition) is 8. The van der Waals surface area contributed by atoms with Gasteiger partial charge in [0, 0.05) is 37.1 Å². The summed E-state index contributed by atoms with van der Waals surface area (Å²) in [5.74, 6) is 7.03. The Morgan fingerprint density at radius 1 is 1.06 bits per heavy atom. The van der Waals surface area contributed by atoms with Gasteiger partial charge in [-0.2, -0.15) is 0 Å². The predicted molar refractivity (Wildman–Crippen MR) is 126 cm³/mol. The maximum absolute atomic E-state index is 11.1. The van der Waals surface area contributed by atoms with Crippen LogP contribution in [0.1, 0.15) is 43.9 Å². The number of pyridine rings is 1. The van der Waals surface area contributed by atoms with E-state index in [1.54, 1.807) is 37.1 Å². The van der Waals surface area contributed by atoms with Crippen LogP contribution in [0.4, 0.5) is 5.95 Å². The molecule has 0 unspecified atom stereocenters. The minimum atomic E-state index is -0.223. The lowest BCUT2D eigenvalue weighted by atomic mass is 9.93. The van der Waals surface area contributed by atoms with Crippen LogP contribution in [-0.4, -0.2) is 47.4 Å². The summed E-state index contributed by atoms with van der Waals surface area (Å²) in [6, 6.07) is 7.71. The number of imidazole rings is 1. The van der Waals surface area contributed by atoms with Gasteiger partial charge in [0.25, 0.3) is 0 Å². The summed E-state index contributed by atoms with van der Waals surface area (Å²) in [4.78, 5) is 33.2. The minimum Gasteiger partial charge on any atom is -0.463 e. The smallest absolute Gasteiger partial charge is 0.302 e. The van der Waals surface area contributed by atoms with Crippen LogP contribution in [0.5, 0.6) is 0 Å². The van der Waals surface area contributed by atoms with Crippen LogP contribution < -0.4 is 5.32 Å². The molecule has 0 amide bonds. The number of fused-ring (bicyclic) bond motifs is 1. The van der Waals surface area contributed by atoms with Crippen molar-refractivity contribution in [2.75, 3.05) is 5.32 Å². The quantitative estimate of drug-likeness (QED) is 0.371. The lowest BCUT2D eigenvalue weighted by molar-refractivity contribution is -0.147. The van der Waals surface area contributed by atoms with Crippen LogP contribution in [0.15, 0.2) is 55.4 Å². The maximum atomic E-state index is 11.1. The van der Waals surface area contributed by atoms with Crippen molar-refractivity contribution in [1.82, 2.24) is 29.3 Å². The van der Waals surface area contributed by atoms with E-state index < -0.39 is 0 Å². The Balaban J connectivity index is 1.27. The molecule has 0 atom stereocenters. The van der Waals surface area contributed by atoms with Gasteiger partial charge < -0.3 is 14.5 Å². The van der Waals surface area contributed by atoms with Gasteiger partial charge in [-0.25, -0.2) is 24.9 Å². The van der Waals surface area contributed by atoms with E-state index >= 15 is 0 Å². The summed E-state index contributed by atoms with van der Waals surface area (Å²) in [6.07, 6.45) is 12.3. The molecule has 4 heterocycles. The van der Waals surface area contributed by atoms with Crippen molar-refractivity contribution >= 4 is 17.4 Å². The second-order valence-electron chi connectivity index (χ2n) is 8.15. The Bertz CT molecular complexity index is 1380. The van der Waals surface area contributed by atoms with Gasteiger partial charge >= 0.3 is 5.97 Å². The summed E-state index contributed by atoms with van der Waals surface area (Å²) >= 11 is 0. The highest BCUT2D eigenvalue weighted by Gasteiger charge is 2.23. The molecule has 1 aliphatic rings. The van der Waals surface area contributed by atoms with Crippen LogP contribution in [0.2, 0.25) is 0 Å². The molecule has 1 aliphatic carbocycles. The molecule has 170 valence electrons. The zero-order valence-electron chi connectivity index (χ0n) is 18.7. The second-order valence-corrected chi connectivity index (χ2v) is 8.15. The van der Waals surface area contributed by atoms with Gasteiger partial charge in [-0.05, 0) is 55.9 Å². The number of rotatable bonds is 4. The summed E-state index contributed by atoms with van der Waals surface area (Å²) in [5.41, 5.74) is 3.10. The lowest BCUT2D eigenvalue weighted by Crippen LogP contribution is -2.31. The monoisotopic (exact) mass is 453 g/mol. The molecular formula is C25H23N7O2. The molecular weight excluding hydrogens is 430 g/mol. The van der Waals surface area contributed by atoms with Gasteiger partial charge in [0.2, 0.25) is 5.95 Å². The minimum absolute atomic E-state index is 0.00177. The van der Waals surface area contributed by atoms with E-state index in [0.717, 1.165) is 36.8 Å². The molecule has 0 aliphatic heterocycles. The zero-order valence-corrected chi connectivity index (χ0v) is 18.7. The fourth-order valence-electron chi connectivity index (χ4n) is 3.98. The number of ether oxygens (including phenoxy) is 1. The van der Waals surface area contributed by atoms with Gasteiger partial charge in [0.15, 0.2) is 5.82 Å². The van der Waals surface area contributed by atoms with Crippen LogP contribution in [0, 0.1) is 11.8 Å². The number of aromatic nitrogens is 6. The van der Waals surface area contributed by atoms with Crippen LogP contribution in [-0.2, 0) is 9.53 Å². The largest absolute Gasteiger partial charge is 0.463 e. The zero-order chi connectivity index (χ0) is 23.3. The first-order valence-electron chi connectivity index (χ1n) is 11.2. The first kappa shape index (κ1) is 21.5. The van der Waals surface area contributed by atoms with Gasteiger partial charge in [-0.3, -0.25) is 4.79 Å². The summed E-state index contributed by atoms with van der Waals surface area (Å²) < 4.78 is 7.24. The maximum Gasteiger partial charge on any atom is 0.302 e. The predicted octanol–water partition coefficient (Wildman–Crippen LogP) is 3.27. The van der Waals surface area contributed by atoms with Gasteiger partial charge in [-0.15, -0.1) is 0 Å². The normalized spacial score (nSPS) is 17.6. The van der Waals surface area contributed by atoms with Crippen molar-refractivity contribution in [2.45, 2.75) is 44.8 Å². The molecule has 0 bridgehead atoms. The lowest BCUT2D eigenvalue weighted by Gasteiger charge is -2.28. The molecule has 0 saturated heterocycles. The van der Waals surface area contributed by atoms with Crippen molar-refractivity contribution < 1.29 is 9.53 Å². The number of carbonyl (C=O) groups excluding carboxylic acids is 1. The van der Waals surface area contributed by atoms with Crippen LogP contribution >= 0.6 is 0 Å². The Kier molecular flexibility index (Phi) is 6.12. The molecule has 0 aromatic carbocycles. The van der Waals surface area contributed by atoms with E-state index in [1.807, 2.05) is 22.7 Å². The Hall–Kier alpha value is -4.32. The Morgan fingerprint density at radius 3 is 2.76 bits per heavy atom. The fraction of sp³-hybridized carbons (Fsp3) is 0.280. The van der Waals surface area contributed by atoms with Gasteiger partial charge in [-0.1, -0.05) is 5.92 Å². The van der Waals surface area contributed by atoms with Gasteiger partial charge in [0.05, 0.1) is 18.0 Å². The summed E-state index contributed by atoms with van der Waals surface area (Å²) in [7, 11) is 0. The molecule has 0 radical (unpaired) electrons. The third kappa shape index (κ3) is 5.18. The second kappa shape index (κ2) is 9.67. The van der Waals surface area contributed by atoms with Gasteiger partial charge in [0.1, 0.15) is 17.5 Å². The number of anilines is 1. The van der Waals surface area contributed by atoms with Crippen molar-refractivity contribution in [2.24, 2.45) is 0 Å². The van der Waals surface area contributed by atoms with E-state index in [2.05, 4.69) is 42.1 Å².